The molecule has 1 aliphatic rings. The topological polar surface area (TPSA) is 26.0 Å². The van der Waals surface area contributed by atoms with E-state index in [2.05, 4.69) is 27.7 Å². The molecule has 1 nitrogen and oxygen atoms in total. The zero-order valence-corrected chi connectivity index (χ0v) is 9.64. The molecule has 78 valence electrons. The van der Waals surface area contributed by atoms with Crippen molar-refractivity contribution in [2.45, 2.75) is 58.9 Å². The summed E-state index contributed by atoms with van der Waals surface area (Å²) in [6.07, 6.45) is 4.98. The molecule has 0 spiro atoms. The fourth-order valence-corrected chi connectivity index (χ4v) is 2.74. The lowest BCUT2D eigenvalue weighted by Gasteiger charge is -2.41. The Morgan fingerprint density at radius 3 is 2.38 bits per heavy atom. The summed E-state index contributed by atoms with van der Waals surface area (Å²) in [7, 11) is 0. The van der Waals surface area contributed by atoms with Gasteiger partial charge in [-0.25, -0.2) is 0 Å². The molecular formula is C12H25N. The Bertz CT molecular complexity index is 165. The molecule has 0 aromatic rings. The van der Waals surface area contributed by atoms with Crippen LogP contribution in [0.5, 0.6) is 0 Å². The second-order valence-corrected chi connectivity index (χ2v) is 5.66. The Morgan fingerprint density at radius 1 is 1.31 bits per heavy atom. The Balaban J connectivity index is 2.51. The lowest BCUT2D eigenvalue weighted by Crippen LogP contribution is -2.46. The molecule has 1 heteroatoms. The highest BCUT2D eigenvalue weighted by Gasteiger charge is 2.34. The third-order valence-corrected chi connectivity index (χ3v) is 3.61. The number of rotatable bonds is 2. The van der Waals surface area contributed by atoms with E-state index in [1.165, 1.54) is 25.7 Å². The summed E-state index contributed by atoms with van der Waals surface area (Å²) in [5.41, 5.74) is 6.57. The van der Waals surface area contributed by atoms with Gasteiger partial charge in [0.1, 0.15) is 0 Å². The van der Waals surface area contributed by atoms with Crippen LogP contribution in [-0.4, -0.2) is 5.54 Å². The molecule has 0 aliphatic heterocycles. The van der Waals surface area contributed by atoms with Crippen molar-refractivity contribution < 1.29 is 0 Å². The van der Waals surface area contributed by atoms with Gasteiger partial charge in [0.15, 0.2) is 0 Å². The molecule has 1 saturated carbocycles. The molecule has 0 aromatic heterocycles. The van der Waals surface area contributed by atoms with Crippen molar-refractivity contribution in [2.75, 3.05) is 0 Å². The molecule has 1 rings (SSSR count). The molecular weight excluding hydrogens is 158 g/mol. The van der Waals surface area contributed by atoms with Crippen LogP contribution in [0.3, 0.4) is 0 Å². The summed E-state index contributed by atoms with van der Waals surface area (Å²) in [5.74, 6) is 2.44. The van der Waals surface area contributed by atoms with Crippen molar-refractivity contribution in [2.24, 2.45) is 23.5 Å². The summed E-state index contributed by atoms with van der Waals surface area (Å²) >= 11 is 0. The molecule has 1 fully saturated rings. The minimum atomic E-state index is 0.153. The number of hydrogen-bond donors (Lipinski definition) is 1. The van der Waals surface area contributed by atoms with Crippen LogP contribution in [0.2, 0.25) is 0 Å². The van der Waals surface area contributed by atoms with E-state index in [4.69, 9.17) is 5.73 Å². The van der Waals surface area contributed by atoms with Crippen molar-refractivity contribution in [1.82, 2.24) is 0 Å². The van der Waals surface area contributed by atoms with E-state index in [-0.39, 0.29) is 5.54 Å². The second kappa shape index (κ2) is 4.00. The van der Waals surface area contributed by atoms with Crippen LogP contribution in [-0.2, 0) is 0 Å². The predicted molar refractivity (Wildman–Crippen MR) is 58.6 cm³/mol. The average Bonchev–Trinajstić information content (AvgIpc) is 1.96. The fourth-order valence-electron chi connectivity index (χ4n) is 2.74. The quantitative estimate of drug-likeness (QED) is 0.699. The maximum Gasteiger partial charge on any atom is 0.0159 e. The summed E-state index contributed by atoms with van der Waals surface area (Å²) in [6.45, 7) is 9.26. The van der Waals surface area contributed by atoms with Crippen molar-refractivity contribution in [3.05, 3.63) is 0 Å². The SMILES string of the molecule is CC(C)CC1(N)CCC(C)C(C)C1. The maximum absolute atomic E-state index is 6.41. The molecule has 13 heavy (non-hydrogen) atoms. The molecule has 0 amide bonds. The van der Waals surface area contributed by atoms with E-state index < -0.39 is 0 Å². The first kappa shape index (κ1) is 11.0. The van der Waals surface area contributed by atoms with Crippen molar-refractivity contribution >= 4 is 0 Å². The van der Waals surface area contributed by atoms with Crippen LogP contribution in [0, 0.1) is 17.8 Å². The Hall–Kier alpha value is -0.0400. The third-order valence-electron chi connectivity index (χ3n) is 3.61. The van der Waals surface area contributed by atoms with Crippen LogP contribution >= 0.6 is 0 Å². The van der Waals surface area contributed by atoms with Crippen molar-refractivity contribution in [3.8, 4) is 0 Å². The van der Waals surface area contributed by atoms with Gasteiger partial charge in [0.2, 0.25) is 0 Å². The molecule has 0 radical (unpaired) electrons. The van der Waals surface area contributed by atoms with Crippen LogP contribution < -0.4 is 5.73 Å². The first-order valence-corrected chi connectivity index (χ1v) is 5.72. The number of hydrogen-bond acceptors (Lipinski definition) is 1. The summed E-state index contributed by atoms with van der Waals surface area (Å²) in [5, 5.41) is 0. The van der Waals surface area contributed by atoms with Crippen LogP contribution in [0.25, 0.3) is 0 Å². The first-order valence-electron chi connectivity index (χ1n) is 5.72. The third kappa shape index (κ3) is 2.98. The molecule has 1 aliphatic carbocycles. The highest BCUT2D eigenvalue weighted by Crippen LogP contribution is 2.37. The largest absolute Gasteiger partial charge is 0.325 e. The minimum Gasteiger partial charge on any atom is -0.325 e. The molecule has 0 bridgehead atoms. The van der Waals surface area contributed by atoms with Crippen molar-refractivity contribution in [3.63, 3.8) is 0 Å². The maximum atomic E-state index is 6.41. The van der Waals surface area contributed by atoms with Gasteiger partial charge in [0.25, 0.3) is 0 Å². The molecule has 0 aromatic carbocycles. The van der Waals surface area contributed by atoms with E-state index in [0.29, 0.717) is 0 Å². The van der Waals surface area contributed by atoms with E-state index >= 15 is 0 Å². The molecule has 3 unspecified atom stereocenters. The standard InChI is InChI=1S/C12H25N/c1-9(2)7-12(13)6-5-10(3)11(4)8-12/h9-11H,5-8,13H2,1-4H3. The highest BCUT2D eigenvalue weighted by atomic mass is 14.7. The zero-order chi connectivity index (χ0) is 10.1. The average molecular weight is 183 g/mol. The molecule has 3 atom stereocenters. The fraction of sp³-hybridized carbons (Fsp3) is 1.00. The highest BCUT2D eigenvalue weighted by molar-refractivity contribution is 4.92. The van der Waals surface area contributed by atoms with Gasteiger partial charge in [-0.3, -0.25) is 0 Å². The van der Waals surface area contributed by atoms with Gasteiger partial charge in [-0.1, -0.05) is 27.7 Å². The van der Waals surface area contributed by atoms with E-state index in [1.807, 2.05) is 0 Å². The van der Waals surface area contributed by atoms with Gasteiger partial charge < -0.3 is 5.73 Å². The molecule has 0 heterocycles. The lowest BCUT2D eigenvalue weighted by atomic mass is 9.69. The monoisotopic (exact) mass is 183 g/mol. The zero-order valence-electron chi connectivity index (χ0n) is 9.64. The Labute approximate surface area is 83.1 Å². The van der Waals surface area contributed by atoms with Gasteiger partial charge in [0, 0.05) is 5.54 Å². The normalized spacial score (nSPS) is 41.1. The van der Waals surface area contributed by atoms with Crippen molar-refractivity contribution in [1.29, 1.82) is 0 Å². The Kier molecular flexibility index (Phi) is 3.39. The van der Waals surface area contributed by atoms with E-state index in [0.717, 1.165) is 17.8 Å². The predicted octanol–water partition coefficient (Wildman–Crippen LogP) is 3.19. The van der Waals surface area contributed by atoms with Crippen LogP contribution in [0.4, 0.5) is 0 Å². The van der Waals surface area contributed by atoms with Crippen LogP contribution in [0.15, 0.2) is 0 Å². The van der Waals surface area contributed by atoms with Gasteiger partial charge in [0.05, 0.1) is 0 Å². The van der Waals surface area contributed by atoms with Crippen LogP contribution in [0.1, 0.15) is 53.4 Å². The lowest BCUT2D eigenvalue weighted by molar-refractivity contribution is 0.155. The van der Waals surface area contributed by atoms with Gasteiger partial charge in [-0.05, 0) is 43.4 Å². The van der Waals surface area contributed by atoms with Gasteiger partial charge in [-0.15, -0.1) is 0 Å². The number of nitrogens with two attached hydrogens (primary N) is 1. The van der Waals surface area contributed by atoms with Gasteiger partial charge >= 0.3 is 0 Å². The summed E-state index contributed by atoms with van der Waals surface area (Å²) < 4.78 is 0. The second-order valence-electron chi connectivity index (χ2n) is 5.66. The minimum absolute atomic E-state index is 0.153. The van der Waals surface area contributed by atoms with Gasteiger partial charge in [-0.2, -0.15) is 0 Å². The smallest absolute Gasteiger partial charge is 0.0159 e. The molecule has 2 N–H and O–H groups in total. The summed E-state index contributed by atoms with van der Waals surface area (Å²) in [6, 6.07) is 0. The Morgan fingerprint density at radius 2 is 1.92 bits per heavy atom. The first-order chi connectivity index (χ1) is 5.93. The molecule has 0 saturated heterocycles. The van der Waals surface area contributed by atoms with E-state index in [1.54, 1.807) is 0 Å². The van der Waals surface area contributed by atoms with E-state index in [9.17, 15) is 0 Å². The summed E-state index contributed by atoms with van der Waals surface area (Å²) in [4.78, 5) is 0.